The standard InChI is InChI=1S/C8H13BO2.V/c1-6(2)7(5-9)8(11)3-4-10;/h3,5,8,10-11H,4H2,1-2H3;/q-2;+2/t8-;/m0./s1. The third-order valence-electron chi connectivity index (χ3n) is 1.40. The summed E-state index contributed by atoms with van der Waals surface area (Å²) in [5, 5.41) is 17.8. The fraction of sp³-hybridized carbons (Fsp3) is 0.500. The zero-order chi connectivity index (χ0) is 8.85. The summed E-state index contributed by atoms with van der Waals surface area (Å²) < 4.78 is 0. The van der Waals surface area contributed by atoms with Crippen LogP contribution in [-0.2, 0) is 18.6 Å². The molecule has 0 amide bonds. The van der Waals surface area contributed by atoms with E-state index in [4.69, 9.17) is 13.0 Å². The van der Waals surface area contributed by atoms with Gasteiger partial charge in [0.2, 0.25) is 0 Å². The van der Waals surface area contributed by atoms with Gasteiger partial charge in [0.1, 0.15) is 0 Å². The third kappa shape index (κ3) is 4.94. The SMILES string of the molecule is [B][CH-]C(=C(C)C)[C@@H](O)[CH-]CO.[V+2]. The van der Waals surface area contributed by atoms with E-state index in [1.54, 1.807) is 0 Å². The second-order valence-electron chi connectivity index (χ2n) is 2.49. The Bertz CT molecular complexity index is 144. The minimum atomic E-state index is -0.755. The van der Waals surface area contributed by atoms with Crippen molar-refractivity contribution in [1.82, 2.24) is 0 Å². The summed E-state index contributed by atoms with van der Waals surface area (Å²) in [5.41, 5.74) is 1.60. The van der Waals surface area contributed by atoms with Crippen molar-refractivity contribution in [2.75, 3.05) is 6.61 Å². The molecule has 0 rings (SSSR count). The maximum Gasteiger partial charge on any atom is 2.00 e. The molecule has 0 saturated heterocycles. The molecule has 0 bridgehead atoms. The van der Waals surface area contributed by atoms with Crippen LogP contribution in [0, 0.1) is 12.7 Å². The summed E-state index contributed by atoms with van der Waals surface area (Å²) in [5.74, 6) is 0. The van der Waals surface area contributed by atoms with Crippen LogP contribution in [0.25, 0.3) is 0 Å². The molecular formula is C8H13BO2V. The molecule has 3 radical (unpaired) electrons. The quantitative estimate of drug-likeness (QED) is 0.506. The smallest absolute Gasteiger partial charge is 0.428 e. The summed E-state index contributed by atoms with van der Waals surface area (Å²) in [4.78, 5) is 0. The molecule has 2 N–H and O–H groups in total. The van der Waals surface area contributed by atoms with Gasteiger partial charge < -0.3 is 10.2 Å². The first-order valence-corrected chi connectivity index (χ1v) is 3.48. The van der Waals surface area contributed by atoms with Crippen LogP contribution in [0.1, 0.15) is 13.8 Å². The molecule has 0 aliphatic heterocycles. The van der Waals surface area contributed by atoms with E-state index in [9.17, 15) is 5.11 Å². The van der Waals surface area contributed by atoms with Gasteiger partial charge >= 0.3 is 18.6 Å². The Hall–Kier alpha value is 0.179. The molecule has 0 heterocycles. The van der Waals surface area contributed by atoms with Crippen LogP contribution < -0.4 is 0 Å². The van der Waals surface area contributed by atoms with Crippen molar-refractivity contribution in [3.63, 3.8) is 0 Å². The topological polar surface area (TPSA) is 40.5 Å². The molecule has 65 valence electrons. The van der Waals surface area contributed by atoms with Crippen molar-refractivity contribution >= 4 is 7.85 Å². The van der Waals surface area contributed by atoms with Gasteiger partial charge in [0.15, 0.2) is 0 Å². The van der Waals surface area contributed by atoms with E-state index in [2.05, 4.69) is 0 Å². The maximum absolute atomic E-state index is 9.29. The van der Waals surface area contributed by atoms with E-state index in [0.29, 0.717) is 5.57 Å². The minimum absolute atomic E-state index is 0. The second-order valence-corrected chi connectivity index (χ2v) is 2.49. The van der Waals surface area contributed by atoms with E-state index < -0.39 is 6.10 Å². The van der Waals surface area contributed by atoms with Gasteiger partial charge in [-0.05, 0) is 7.85 Å². The average molecular weight is 203 g/mol. The summed E-state index contributed by atoms with van der Waals surface area (Å²) in [6, 6.07) is 0. The zero-order valence-electron chi connectivity index (χ0n) is 7.36. The van der Waals surface area contributed by atoms with E-state index in [1.807, 2.05) is 13.8 Å². The Kier molecular flexibility index (Phi) is 9.56. The summed E-state index contributed by atoms with van der Waals surface area (Å²) in [6.45, 7) is 3.56. The average Bonchev–Trinajstić information content (AvgIpc) is 1.88. The maximum atomic E-state index is 9.29. The monoisotopic (exact) mass is 203 g/mol. The van der Waals surface area contributed by atoms with Gasteiger partial charge in [0.25, 0.3) is 0 Å². The molecule has 0 aliphatic carbocycles. The molecule has 4 heteroatoms. The number of aliphatic hydroxyl groups is 2. The Balaban J connectivity index is 0. The predicted molar refractivity (Wildman–Crippen MR) is 45.8 cm³/mol. The van der Waals surface area contributed by atoms with Gasteiger partial charge in [0.05, 0.1) is 0 Å². The van der Waals surface area contributed by atoms with Gasteiger partial charge in [0, 0.05) is 0 Å². The molecule has 0 aromatic rings. The van der Waals surface area contributed by atoms with Crippen molar-refractivity contribution in [1.29, 1.82) is 0 Å². The molecule has 1 atom stereocenters. The molecule has 12 heavy (non-hydrogen) atoms. The molecule has 0 aromatic heterocycles. The van der Waals surface area contributed by atoms with Gasteiger partial charge in [-0.2, -0.15) is 0 Å². The van der Waals surface area contributed by atoms with Crippen molar-refractivity contribution in [3.05, 3.63) is 23.9 Å². The van der Waals surface area contributed by atoms with E-state index in [0.717, 1.165) is 5.57 Å². The van der Waals surface area contributed by atoms with E-state index in [1.165, 1.54) is 12.7 Å². The number of rotatable bonds is 4. The van der Waals surface area contributed by atoms with Crippen LogP contribution in [0.2, 0.25) is 0 Å². The molecule has 0 unspecified atom stereocenters. The Morgan fingerprint density at radius 2 is 2.00 bits per heavy atom. The van der Waals surface area contributed by atoms with Crippen molar-refractivity contribution < 1.29 is 28.8 Å². The fourth-order valence-corrected chi connectivity index (χ4v) is 0.788. The second kappa shape index (κ2) is 7.81. The summed E-state index contributed by atoms with van der Waals surface area (Å²) in [6.07, 6.45) is 1.98. The Labute approximate surface area is 87.4 Å². The normalized spacial score (nSPS) is 11.3. The number of aliphatic hydroxyl groups excluding tert-OH is 2. The van der Waals surface area contributed by atoms with Crippen molar-refractivity contribution in [2.24, 2.45) is 0 Å². The van der Waals surface area contributed by atoms with Gasteiger partial charge in [-0.25, -0.2) is 11.1 Å². The predicted octanol–water partition coefficient (Wildman–Crippen LogP) is 0.208. The van der Waals surface area contributed by atoms with Gasteiger partial charge in [-0.1, -0.05) is 12.7 Å². The van der Waals surface area contributed by atoms with Crippen molar-refractivity contribution in [3.8, 4) is 0 Å². The van der Waals surface area contributed by atoms with Crippen molar-refractivity contribution in [2.45, 2.75) is 20.0 Å². The molecule has 0 spiro atoms. The molecule has 0 saturated carbocycles. The first-order valence-electron chi connectivity index (χ1n) is 3.48. The van der Waals surface area contributed by atoms with Gasteiger partial charge in [-0.3, -0.25) is 12.7 Å². The van der Waals surface area contributed by atoms with Crippen LogP contribution in [0.4, 0.5) is 0 Å². The molecule has 2 nitrogen and oxygen atoms in total. The molecule has 0 aromatic carbocycles. The Morgan fingerprint density at radius 3 is 2.25 bits per heavy atom. The third-order valence-corrected chi connectivity index (χ3v) is 1.40. The van der Waals surface area contributed by atoms with E-state index in [-0.39, 0.29) is 25.2 Å². The minimum Gasteiger partial charge on any atom is -0.428 e. The first kappa shape index (κ1) is 14.7. The Morgan fingerprint density at radius 1 is 1.50 bits per heavy atom. The first-order chi connectivity index (χ1) is 5.13. The van der Waals surface area contributed by atoms with Crippen LogP contribution in [0.5, 0.6) is 0 Å². The summed E-state index contributed by atoms with van der Waals surface area (Å²) >= 11 is 0. The molecular weight excluding hydrogens is 190 g/mol. The number of hydrogen-bond acceptors (Lipinski definition) is 2. The molecule has 0 aliphatic rings. The largest absolute Gasteiger partial charge is 2.00 e. The van der Waals surface area contributed by atoms with Crippen LogP contribution in [0.3, 0.4) is 0 Å². The zero-order valence-corrected chi connectivity index (χ0v) is 8.75. The number of hydrogen-bond donors (Lipinski definition) is 2. The summed E-state index contributed by atoms with van der Waals surface area (Å²) in [7, 11) is 5.26. The van der Waals surface area contributed by atoms with E-state index >= 15 is 0 Å². The fourth-order valence-electron chi connectivity index (χ4n) is 0.788. The van der Waals surface area contributed by atoms with Crippen LogP contribution in [-0.4, -0.2) is 30.8 Å². The van der Waals surface area contributed by atoms with Crippen LogP contribution >= 0.6 is 0 Å². The number of allylic oxidation sites excluding steroid dienone is 1. The van der Waals surface area contributed by atoms with Crippen LogP contribution in [0.15, 0.2) is 11.1 Å². The molecule has 0 fully saturated rings. The van der Waals surface area contributed by atoms with Gasteiger partial charge in [-0.15, -0.1) is 13.8 Å².